The molecule has 0 radical (unpaired) electrons. The van der Waals surface area contributed by atoms with Crippen LogP contribution in [0.15, 0.2) is 35.5 Å². The van der Waals surface area contributed by atoms with Crippen LogP contribution in [0.1, 0.15) is 32.9 Å². The highest BCUT2D eigenvalue weighted by atomic mass is 32.2. The van der Waals surface area contributed by atoms with Gasteiger partial charge in [-0.25, -0.2) is 22.8 Å². The van der Waals surface area contributed by atoms with E-state index in [1.807, 2.05) is 25.7 Å². The molecule has 0 aliphatic carbocycles. The first-order valence-corrected chi connectivity index (χ1v) is 11.3. The molecular weight excluding hydrogens is 395 g/mol. The van der Waals surface area contributed by atoms with Crippen molar-refractivity contribution in [2.24, 2.45) is 0 Å². The number of anilines is 1. The quantitative estimate of drug-likeness (QED) is 0.715. The van der Waals surface area contributed by atoms with E-state index in [4.69, 9.17) is 4.74 Å². The van der Waals surface area contributed by atoms with E-state index >= 15 is 0 Å². The second-order valence-corrected chi connectivity index (χ2v) is 9.58. The molecule has 4 heterocycles. The van der Waals surface area contributed by atoms with Crippen LogP contribution in [-0.2, 0) is 16.4 Å². The van der Waals surface area contributed by atoms with Crippen molar-refractivity contribution in [2.75, 3.05) is 18.0 Å². The average molecular weight is 421 g/mol. The molecule has 156 valence electrons. The number of rotatable bonds is 6. The largest absolute Gasteiger partial charge is 0.491 e. The Labute approximate surface area is 170 Å². The summed E-state index contributed by atoms with van der Waals surface area (Å²) in [5.74, 6) is 0.491. The Morgan fingerprint density at radius 1 is 1.17 bits per heavy atom. The fraction of sp³-hybridized carbons (Fsp3) is 0.500. The molecule has 0 N–H and O–H groups in total. The third-order valence-electron chi connectivity index (χ3n) is 5.37. The molecule has 0 spiro atoms. The summed E-state index contributed by atoms with van der Waals surface area (Å²) in [6.45, 7) is 6.51. The Bertz CT molecular complexity index is 985. The first kappa shape index (κ1) is 20.0. The number of aryl methyl sites for hydroxylation is 1. The van der Waals surface area contributed by atoms with Gasteiger partial charge in [-0.2, -0.15) is 4.31 Å². The Kier molecular flexibility index (Phi) is 5.20. The van der Waals surface area contributed by atoms with Crippen molar-refractivity contribution in [3.8, 4) is 5.75 Å². The fourth-order valence-corrected chi connectivity index (χ4v) is 5.90. The van der Waals surface area contributed by atoms with Gasteiger partial charge in [0.1, 0.15) is 12.1 Å². The van der Waals surface area contributed by atoms with Crippen molar-refractivity contribution in [3.05, 3.63) is 42.1 Å². The summed E-state index contributed by atoms with van der Waals surface area (Å²) in [4.78, 5) is 10.2. The minimum Gasteiger partial charge on any atom is -0.491 e. The van der Waals surface area contributed by atoms with Crippen molar-refractivity contribution in [3.63, 3.8) is 0 Å². The minimum absolute atomic E-state index is 0.0218. The van der Waals surface area contributed by atoms with E-state index in [-0.39, 0.29) is 28.9 Å². The van der Waals surface area contributed by atoms with Crippen LogP contribution in [-0.4, -0.2) is 54.0 Å². The summed E-state index contributed by atoms with van der Waals surface area (Å²) in [6.07, 6.45) is 2.65. The molecule has 9 heteroatoms. The number of hydrogen-bond acceptors (Lipinski definition) is 6. The smallest absolute Gasteiger partial charge is 0.243 e. The summed E-state index contributed by atoms with van der Waals surface area (Å²) in [5.41, 5.74) is 0.377. The fourth-order valence-electron chi connectivity index (χ4n) is 4.09. The van der Waals surface area contributed by atoms with E-state index in [0.717, 1.165) is 6.42 Å². The normalized spacial score (nSPS) is 21.9. The van der Waals surface area contributed by atoms with E-state index in [2.05, 4.69) is 9.97 Å². The predicted octanol–water partition coefficient (Wildman–Crippen LogP) is 2.62. The number of fused-ring (bicyclic) bond motifs is 2. The highest BCUT2D eigenvalue weighted by molar-refractivity contribution is 7.89. The monoisotopic (exact) mass is 420 g/mol. The van der Waals surface area contributed by atoms with E-state index in [1.54, 1.807) is 28.6 Å². The number of halogens is 1. The molecule has 2 bridgehead atoms. The summed E-state index contributed by atoms with van der Waals surface area (Å²) in [6, 6.07) is 6.14. The zero-order valence-electron chi connectivity index (χ0n) is 16.7. The van der Waals surface area contributed by atoms with E-state index in [1.165, 1.54) is 6.33 Å². The van der Waals surface area contributed by atoms with Crippen molar-refractivity contribution in [1.82, 2.24) is 14.3 Å². The predicted molar refractivity (Wildman–Crippen MR) is 107 cm³/mol. The van der Waals surface area contributed by atoms with Gasteiger partial charge in [-0.05, 0) is 51.0 Å². The molecule has 2 aromatic rings. The average Bonchev–Trinajstić information content (AvgIpc) is 2.67. The lowest BCUT2D eigenvalue weighted by atomic mass is 9.91. The first-order valence-electron chi connectivity index (χ1n) is 9.85. The van der Waals surface area contributed by atoms with Crippen molar-refractivity contribution >= 4 is 15.8 Å². The second-order valence-electron chi connectivity index (χ2n) is 7.73. The number of sulfonamides is 1. The number of nitrogens with zero attached hydrogens (tertiary/aromatic N) is 4. The molecule has 7 nitrogen and oxygen atoms in total. The molecule has 3 saturated heterocycles. The van der Waals surface area contributed by atoms with Crippen LogP contribution in [0.5, 0.6) is 5.75 Å². The SMILES string of the molecule is CCc1ncnc(N2CC3CC(C2)N3S(=O)(=O)c2ccc(OC(C)C)cc2)c1F. The lowest BCUT2D eigenvalue weighted by Crippen LogP contribution is -2.70. The van der Waals surface area contributed by atoms with E-state index in [0.29, 0.717) is 31.0 Å². The highest BCUT2D eigenvalue weighted by Crippen LogP contribution is 2.39. The molecular formula is C20H25FN4O3S. The summed E-state index contributed by atoms with van der Waals surface area (Å²) < 4.78 is 48.0. The maximum absolute atomic E-state index is 14.6. The van der Waals surface area contributed by atoms with Crippen LogP contribution >= 0.6 is 0 Å². The summed E-state index contributed by atoms with van der Waals surface area (Å²) >= 11 is 0. The molecule has 3 fully saturated rings. The van der Waals surface area contributed by atoms with Gasteiger partial charge in [0, 0.05) is 25.2 Å². The zero-order chi connectivity index (χ0) is 20.8. The van der Waals surface area contributed by atoms with Gasteiger partial charge in [0.15, 0.2) is 11.6 Å². The van der Waals surface area contributed by atoms with E-state index in [9.17, 15) is 12.8 Å². The third kappa shape index (κ3) is 3.57. The van der Waals surface area contributed by atoms with Gasteiger partial charge in [0.05, 0.1) is 16.7 Å². The van der Waals surface area contributed by atoms with Crippen molar-refractivity contribution in [1.29, 1.82) is 0 Å². The number of piperidine rings is 1. The summed E-state index contributed by atoms with van der Waals surface area (Å²) in [5, 5.41) is 0. The second kappa shape index (κ2) is 7.53. The number of aromatic nitrogens is 2. The van der Waals surface area contributed by atoms with Crippen LogP contribution in [0.4, 0.5) is 10.2 Å². The molecule has 0 amide bonds. The molecule has 1 aromatic carbocycles. The lowest BCUT2D eigenvalue weighted by molar-refractivity contribution is 0.0870. The number of hydrogen-bond donors (Lipinski definition) is 0. The maximum Gasteiger partial charge on any atom is 0.243 e. The number of piperazine rings is 1. The standard InChI is InChI=1S/C20H25FN4O3S/c1-4-18-19(21)20(23-12-22-18)24-10-14-9-15(11-24)25(14)29(26,27)17-7-5-16(6-8-17)28-13(2)3/h5-8,12-15H,4,9-11H2,1-3H3. The number of ether oxygens (including phenoxy) is 1. The Hall–Kier alpha value is -2.26. The van der Waals surface area contributed by atoms with Crippen molar-refractivity contribution < 1.29 is 17.5 Å². The van der Waals surface area contributed by atoms with Gasteiger partial charge >= 0.3 is 0 Å². The molecule has 29 heavy (non-hydrogen) atoms. The van der Waals surface area contributed by atoms with Crippen LogP contribution < -0.4 is 9.64 Å². The van der Waals surface area contributed by atoms with Gasteiger partial charge < -0.3 is 9.64 Å². The lowest BCUT2D eigenvalue weighted by Gasteiger charge is -2.55. The van der Waals surface area contributed by atoms with Crippen LogP contribution in [0, 0.1) is 5.82 Å². The topological polar surface area (TPSA) is 75.6 Å². The van der Waals surface area contributed by atoms with Gasteiger partial charge in [0.25, 0.3) is 0 Å². The molecule has 3 aliphatic rings. The third-order valence-corrected chi connectivity index (χ3v) is 7.39. The van der Waals surface area contributed by atoms with Gasteiger partial charge in [-0.1, -0.05) is 6.92 Å². The van der Waals surface area contributed by atoms with Crippen LogP contribution in [0.2, 0.25) is 0 Å². The molecule has 1 aromatic heterocycles. The Balaban J connectivity index is 1.51. The van der Waals surface area contributed by atoms with Gasteiger partial charge in [-0.3, -0.25) is 0 Å². The maximum atomic E-state index is 14.6. The molecule has 2 atom stereocenters. The van der Waals surface area contributed by atoms with Crippen LogP contribution in [0.3, 0.4) is 0 Å². The van der Waals surface area contributed by atoms with Crippen molar-refractivity contribution in [2.45, 2.75) is 56.7 Å². The number of benzene rings is 1. The van der Waals surface area contributed by atoms with Crippen LogP contribution in [0.25, 0.3) is 0 Å². The molecule has 0 saturated carbocycles. The first-order chi connectivity index (χ1) is 13.8. The zero-order valence-corrected chi connectivity index (χ0v) is 17.6. The molecule has 5 rings (SSSR count). The molecule has 3 aliphatic heterocycles. The molecule has 2 unspecified atom stereocenters. The Morgan fingerprint density at radius 3 is 2.41 bits per heavy atom. The highest BCUT2D eigenvalue weighted by Gasteiger charge is 2.51. The van der Waals surface area contributed by atoms with Gasteiger partial charge in [-0.15, -0.1) is 0 Å². The Morgan fingerprint density at radius 2 is 1.83 bits per heavy atom. The summed E-state index contributed by atoms with van der Waals surface area (Å²) in [7, 11) is -3.61. The van der Waals surface area contributed by atoms with E-state index < -0.39 is 15.8 Å². The van der Waals surface area contributed by atoms with Gasteiger partial charge in [0.2, 0.25) is 10.0 Å². The minimum atomic E-state index is -3.61.